The molecule has 4 heteroatoms. The second-order valence-electron chi connectivity index (χ2n) is 5.95. The van der Waals surface area contributed by atoms with Crippen LogP contribution in [0.3, 0.4) is 0 Å². The molecule has 0 radical (unpaired) electrons. The highest BCUT2D eigenvalue weighted by Crippen LogP contribution is 2.33. The van der Waals surface area contributed by atoms with Gasteiger partial charge in [-0.1, -0.05) is 78.0 Å². The van der Waals surface area contributed by atoms with Crippen molar-refractivity contribution in [3.05, 3.63) is 95.3 Å². The summed E-state index contributed by atoms with van der Waals surface area (Å²) in [7, 11) is 0. The van der Waals surface area contributed by atoms with Gasteiger partial charge in [0.1, 0.15) is 5.69 Å². The van der Waals surface area contributed by atoms with Gasteiger partial charge in [0, 0.05) is 0 Å². The summed E-state index contributed by atoms with van der Waals surface area (Å²) in [5.41, 5.74) is 4.80. The molecular weight excluding hydrogens is 298 g/mol. The van der Waals surface area contributed by atoms with Crippen LogP contribution in [0, 0.1) is 0 Å². The molecule has 2 aromatic carbocycles. The highest BCUT2D eigenvalue weighted by molar-refractivity contribution is 5.42. The molecule has 0 atom stereocenters. The van der Waals surface area contributed by atoms with Gasteiger partial charge in [-0.25, -0.2) is 4.68 Å². The molecule has 1 heterocycles. The first-order chi connectivity index (χ1) is 11.7. The molecule has 0 aliphatic rings. The molecule has 24 heavy (non-hydrogen) atoms. The Morgan fingerprint density at radius 2 is 1.58 bits per heavy atom. The predicted molar refractivity (Wildman–Crippen MR) is 94.6 cm³/mol. The van der Waals surface area contributed by atoms with Crippen LogP contribution in [0.5, 0.6) is 0 Å². The fourth-order valence-electron chi connectivity index (χ4n) is 2.96. The van der Waals surface area contributed by atoms with Gasteiger partial charge in [-0.2, -0.15) is 0 Å². The minimum atomic E-state index is -0.137. The van der Waals surface area contributed by atoms with Crippen molar-refractivity contribution in [1.82, 2.24) is 15.0 Å². The van der Waals surface area contributed by atoms with Gasteiger partial charge in [0.25, 0.3) is 0 Å². The standard InChI is InChI=1S/C20H21N3O/c1-15(2)13-23-20(18(14-24)21-22-23)19(16-9-5-3-6-10-16)17-11-7-4-8-12-17/h3-12,19,24H,1,13-14H2,2H3. The van der Waals surface area contributed by atoms with E-state index in [9.17, 15) is 5.11 Å². The summed E-state index contributed by atoms with van der Waals surface area (Å²) >= 11 is 0. The molecule has 0 aliphatic carbocycles. The number of benzene rings is 2. The zero-order chi connectivity index (χ0) is 16.9. The van der Waals surface area contributed by atoms with E-state index in [1.165, 1.54) is 0 Å². The molecule has 0 aliphatic heterocycles. The first kappa shape index (κ1) is 16.1. The van der Waals surface area contributed by atoms with Gasteiger partial charge in [0.05, 0.1) is 24.8 Å². The van der Waals surface area contributed by atoms with Crippen LogP contribution in [-0.4, -0.2) is 20.1 Å². The van der Waals surface area contributed by atoms with Gasteiger partial charge >= 0.3 is 0 Å². The van der Waals surface area contributed by atoms with Crippen molar-refractivity contribution in [2.75, 3.05) is 0 Å². The lowest BCUT2D eigenvalue weighted by Crippen LogP contribution is -2.14. The molecule has 1 aromatic heterocycles. The van der Waals surface area contributed by atoms with E-state index in [2.05, 4.69) is 41.2 Å². The van der Waals surface area contributed by atoms with Crippen LogP contribution in [0.25, 0.3) is 0 Å². The van der Waals surface area contributed by atoms with E-state index in [4.69, 9.17) is 0 Å². The summed E-state index contributed by atoms with van der Waals surface area (Å²) in [5, 5.41) is 18.2. The average molecular weight is 319 g/mol. The molecule has 3 rings (SSSR count). The topological polar surface area (TPSA) is 50.9 Å². The number of aliphatic hydroxyl groups is 1. The molecule has 122 valence electrons. The number of nitrogens with zero attached hydrogens (tertiary/aromatic N) is 3. The Morgan fingerprint density at radius 1 is 1.04 bits per heavy atom. The third-order valence-corrected chi connectivity index (χ3v) is 3.96. The number of allylic oxidation sites excluding steroid dienone is 1. The van der Waals surface area contributed by atoms with Gasteiger partial charge in [-0.15, -0.1) is 5.10 Å². The maximum absolute atomic E-state index is 9.77. The van der Waals surface area contributed by atoms with E-state index in [1.807, 2.05) is 48.0 Å². The van der Waals surface area contributed by atoms with Crippen LogP contribution < -0.4 is 0 Å². The second-order valence-corrected chi connectivity index (χ2v) is 5.95. The van der Waals surface area contributed by atoms with Crippen molar-refractivity contribution >= 4 is 0 Å². The van der Waals surface area contributed by atoms with Crippen molar-refractivity contribution in [1.29, 1.82) is 0 Å². The third kappa shape index (κ3) is 3.29. The second kappa shape index (κ2) is 7.23. The summed E-state index contributed by atoms with van der Waals surface area (Å²) < 4.78 is 1.85. The molecule has 4 nitrogen and oxygen atoms in total. The van der Waals surface area contributed by atoms with Crippen molar-refractivity contribution in [3.63, 3.8) is 0 Å². The number of aliphatic hydroxyl groups excluding tert-OH is 1. The summed E-state index contributed by atoms with van der Waals surface area (Å²) in [4.78, 5) is 0. The summed E-state index contributed by atoms with van der Waals surface area (Å²) in [5.74, 6) is -0.0381. The van der Waals surface area contributed by atoms with Gasteiger partial charge in [-0.3, -0.25) is 0 Å². The zero-order valence-electron chi connectivity index (χ0n) is 13.8. The molecule has 0 bridgehead atoms. The molecule has 0 spiro atoms. The van der Waals surface area contributed by atoms with Crippen LogP contribution in [0.15, 0.2) is 72.8 Å². The third-order valence-electron chi connectivity index (χ3n) is 3.96. The Morgan fingerprint density at radius 3 is 2.04 bits per heavy atom. The van der Waals surface area contributed by atoms with E-state index in [-0.39, 0.29) is 12.5 Å². The summed E-state index contributed by atoms with van der Waals surface area (Å²) in [6, 6.07) is 20.5. The lowest BCUT2D eigenvalue weighted by atomic mass is 9.87. The maximum Gasteiger partial charge on any atom is 0.112 e. The molecule has 1 N–H and O–H groups in total. The van der Waals surface area contributed by atoms with Crippen molar-refractivity contribution in [2.24, 2.45) is 0 Å². The minimum absolute atomic E-state index is 0.0381. The van der Waals surface area contributed by atoms with Crippen LogP contribution in [0.1, 0.15) is 35.4 Å². The molecule has 0 saturated heterocycles. The highest BCUT2D eigenvalue weighted by atomic mass is 16.3. The summed E-state index contributed by atoms with van der Waals surface area (Å²) in [6.07, 6.45) is 0. The molecule has 0 saturated carbocycles. The Hall–Kier alpha value is -2.72. The van der Waals surface area contributed by atoms with E-state index < -0.39 is 0 Å². The maximum atomic E-state index is 9.77. The van der Waals surface area contributed by atoms with Crippen LogP contribution in [0.2, 0.25) is 0 Å². The number of aromatic nitrogens is 3. The van der Waals surface area contributed by atoms with Crippen LogP contribution >= 0.6 is 0 Å². The lowest BCUT2D eigenvalue weighted by molar-refractivity contribution is 0.275. The Bertz CT molecular complexity index is 770. The minimum Gasteiger partial charge on any atom is -0.390 e. The quantitative estimate of drug-likeness (QED) is 0.707. The predicted octanol–water partition coefficient (Wildman–Crippen LogP) is 3.53. The molecule has 3 aromatic rings. The van der Waals surface area contributed by atoms with E-state index in [0.717, 1.165) is 22.4 Å². The largest absolute Gasteiger partial charge is 0.390 e. The number of rotatable bonds is 6. The molecule has 0 unspecified atom stereocenters. The van der Waals surface area contributed by atoms with E-state index in [1.54, 1.807) is 0 Å². The first-order valence-corrected chi connectivity index (χ1v) is 7.98. The molecular formula is C20H21N3O. The van der Waals surface area contributed by atoms with Gasteiger partial charge in [0.2, 0.25) is 0 Å². The molecule has 0 amide bonds. The Kier molecular flexibility index (Phi) is 4.87. The fraction of sp³-hybridized carbons (Fsp3) is 0.200. The Labute approximate surface area is 142 Å². The SMILES string of the molecule is C=C(C)Cn1nnc(CO)c1C(c1ccccc1)c1ccccc1. The number of hydrogen-bond acceptors (Lipinski definition) is 3. The average Bonchev–Trinajstić information content (AvgIpc) is 2.99. The highest BCUT2D eigenvalue weighted by Gasteiger charge is 2.25. The van der Waals surface area contributed by atoms with Crippen molar-refractivity contribution in [3.8, 4) is 0 Å². The van der Waals surface area contributed by atoms with E-state index in [0.29, 0.717) is 12.2 Å². The first-order valence-electron chi connectivity index (χ1n) is 7.98. The lowest BCUT2D eigenvalue weighted by Gasteiger charge is -2.20. The number of hydrogen-bond donors (Lipinski definition) is 1. The van der Waals surface area contributed by atoms with Crippen LogP contribution in [0.4, 0.5) is 0 Å². The zero-order valence-corrected chi connectivity index (χ0v) is 13.8. The fourth-order valence-corrected chi connectivity index (χ4v) is 2.96. The van der Waals surface area contributed by atoms with Gasteiger partial charge in [0.15, 0.2) is 0 Å². The summed E-state index contributed by atoms with van der Waals surface area (Å²) in [6.45, 7) is 6.39. The van der Waals surface area contributed by atoms with Crippen LogP contribution in [-0.2, 0) is 13.2 Å². The van der Waals surface area contributed by atoms with E-state index >= 15 is 0 Å². The normalized spacial score (nSPS) is 11.0. The molecule has 0 fully saturated rings. The Balaban J connectivity index is 2.20. The van der Waals surface area contributed by atoms with Crippen molar-refractivity contribution in [2.45, 2.75) is 26.0 Å². The monoisotopic (exact) mass is 319 g/mol. The van der Waals surface area contributed by atoms with Crippen molar-refractivity contribution < 1.29 is 5.11 Å². The van der Waals surface area contributed by atoms with Gasteiger partial charge in [-0.05, 0) is 18.1 Å². The van der Waals surface area contributed by atoms with Gasteiger partial charge < -0.3 is 5.11 Å². The smallest absolute Gasteiger partial charge is 0.112 e.